The summed E-state index contributed by atoms with van der Waals surface area (Å²) >= 11 is 0. The Morgan fingerprint density at radius 3 is 1.61 bits per heavy atom. The zero-order chi connectivity index (χ0) is 13.9. The van der Waals surface area contributed by atoms with Gasteiger partial charge in [0.25, 0.3) is 0 Å². The summed E-state index contributed by atoms with van der Waals surface area (Å²) in [4.78, 5) is 0. The number of nitrogens with two attached hydrogens (primary N) is 2. The lowest BCUT2D eigenvalue weighted by atomic mass is 10.0. The van der Waals surface area contributed by atoms with E-state index in [0.29, 0.717) is 6.42 Å². The summed E-state index contributed by atoms with van der Waals surface area (Å²) in [5, 5.41) is 18.1. The van der Waals surface area contributed by atoms with Crippen molar-refractivity contribution in [2.45, 2.75) is 89.5 Å². The van der Waals surface area contributed by atoms with Crippen molar-refractivity contribution in [3.05, 3.63) is 0 Å². The van der Waals surface area contributed by atoms with E-state index >= 15 is 0 Å². The highest BCUT2D eigenvalue weighted by atomic mass is 16.5. The van der Waals surface area contributed by atoms with Gasteiger partial charge in [-0.25, -0.2) is 0 Å². The third kappa shape index (κ3) is 11.0. The molecule has 0 spiro atoms. The summed E-state index contributed by atoms with van der Waals surface area (Å²) in [5.41, 5.74) is 10.6. The van der Waals surface area contributed by atoms with E-state index in [1.807, 2.05) is 0 Å². The van der Waals surface area contributed by atoms with Crippen molar-refractivity contribution in [2.24, 2.45) is 11.5 Å². The van der Waals surface area contributed by atoms with Gasteiger partial charge in [0.1, 0.15) is 0 Å². The topological polar surface area (TPSA) is 92.5 Å². The van der Waals surface area contributed by atoms with Crippen LogP contribution in [0.1, 0.15) is 77.6 Å². The number of unbranched alkanes of at least 4 members (excludes halogenated alkanes) is 9. The van der Waals surface area contributed by atoms with Gasteiger partial charge in [-0.05, 0) is 6.42 Å². The third-order valence-corrected chi connectivity index (χ3v) is 3.41. The molecular weight excluding hydrogens is 228 g/mol. The van der Waals surface area contributed by atoms with E-state index < -0.39 is 12.0 Å². The Morgan fingerprint density at radius 2 is 1.22 bits per heavy atom. The quantitative estimate of drug-likeness (QED) is 0.320. The minimum absolute atomic E-state index is 0.569. The highest BCUT2D eigenvalue weighted by Gasteiger charge is 2.25. The van der Waals surface area contributed by atoms with E-state index in [0.717, 1.165) is 12.8 Å². The van der Waals surface area contributed by atoms with Crippen molar-refractivity contribution in [2.75, 3.05) is 0 Å². The molecule has 0 aromatic rings. The van der Waals surface area contributed by atoms with Crippen LogP contribution < -0.4 is 11.5 Å². The van der Waals surface area contributed by atoms with Crippen molar-refractivity contribution < 1.29 is 10.2 Å². The van der Waals surface area contributed by atoms with Gasteiger partial charge in [-0.1, -0.05) is 71.1 Å². The van der Waals surface area contributed by atoms with Crippen LogP contribution in [0, 0.1) is 0 Å². The Kier molecular flexibility index (Phi) is 10.6. The van der Waals surface area contributed by atoms with Crippen LogP contribution >= 0.6 is 0 Å². The van der Waals surface area contributed by atoms with Crippen LogP contribution in [0.25, 0.3) is 0 Å². The first-order valence-corrected chi connectivity index (χ1v) is 7.47. The third-order valence-electron chi connectivity index (χ3n) is 3.41. The van der Waals surface area contributed by atoms with E-state index in [4.69, 9.17) is 21.7 Å². The molecule has 0 aromatic carbocycles. The van der Waals surface area contributed by atoms with Crippen LogP contribution in [0.2, 0.25) is 0 Å². The molecule has 1 unspecified atom stereocenters. The van der Waals surface area contributed by atoms with Gasteiger partial charge in [0.05, 0.1) is 6.04 Å². The normalized spacial score (nSPS) is 13.8. The second-order valence-electron chi connectivity index (χ2n) is 5.36. The number of rotatable bonds is 12. The average Bonchev–Trinajstić information content (AvgIpc) is 2.30. The summed E-state index contributed by atoms with van der Waals surface area (Å²) in [5.74, 6) is -2.22. The number of hydrogen-bond acceptors (Lipinski definition) is 4. The van der Waals surface area contributed by atoms with Crippen LogP contribution in [-0.4, -0.2) is 22.2 Å². The maximum atomic E-state index is 9.04. The number of hydrogen-bond donors (Lipinski definition) is 4. The van der Waals surface area contributed by atoms with Crippen LogP contribution in [-0.2, 0) is 0 Å². The van der Waals surface area contributed by atoms with Crippen molar-refractivity contribution in [1.29, 1.82) is 0 Å². The molecule has 0 aliphatic carbocycles. The minimum Gasteiger partial charge on any atom is -0.352 e. The molecule has 6 N–H and O–H groups in total. The Labute approximate surface area is 112 Å². The van der Waals surface area contributed by atoms with E-state index in [1.54, 1.807) is 0 Å². The van der Waals surface area contributed by atoms with Crippen LogP contribution in [0.15, 0.2) is 0 Å². The Bertz CT molecular complexity index is 181. The summed E-state index contributed by atoms with van der Waals surface area (Å²) < 4.78 is 0. The van der Waals surface area contributed by atoms with Gasteiger partial charge < -0.3 is 15.9 Å². The minimum atomic E-state index is -2.22. The fraction of sp³-hybridized carbons (Fsp3) is 1.00. The van der Waals surface area contributed by atoms with E-state index in [2.05, 4.69) is 6.92 Å². The predicted molar refractivity (Wildman–Crippen MR) is 75.8 cm³/mol. The van der Waals surface area contributed by atoms with Crippen LogP contribution in [0.5, 0.6) is 0 Å². The maximum Gasteiger partial charge on any atom is 0.235 e. The van der Waals surface area contributed by atoms with Crippen LogP contribution in [0.3, 0.4) is 0 Å². The van der Waals surface area contributed by atoms with Crippen molar-refractivity contribution >= 4 is 0 Å². The Balaban J connectivity index is 3.17. The first-order chi connectivity index (χ1) is 8.48. The lowest BCUT2D eigenvalue weighted by molar-refractivity contribution is -0.172. The average molecular weight is 260 g/mol. The van der Waals surface area contributed by atoms with E-state index in [9.17, 15) is 0 Å². The van der Waals surface area contributed by atoms with Crippen molar-refractivity contribution in [3.8, 4) is 0 Å². The van der Waals surface area contributed by atoms with Gasteiger partial charge in [0.2, 0.25) is 5.91 Å². The summed E-state index contributed by atoms with van der Waals surface area (Å²) in [6, 6.07) is -0.744. The fourth-order valence-electron chi connectivity index (χ4n) is 2.06. The summed E-state index contributed by atoms with van der Waals surface area (Å²) in [6.07, 6.45) is 13.1. The molecule has 18 heavy (non-hydrogen) atoms. The second kappa shape index (κ2) is 10.7. The molecule has 0 fully saturated rings. The Hall–Kier alpha value is -0.160. The molecule has 0 rings (SSSR count). The Morgan fingerprint density at radius 1 is 0.833 bits per heavy atom. The number of aliphatic hydroxyl groups is 2. The van der Waals surface area contributed by atoms with Gasteiger partial charge >= 0.3 is 0 Å². The molecule has 0 aliphatic heterocycles. The first kappa shape index (κ1) is 17.8. The zero-order valence-corrected chi connectivity index (χ0v) is 11.9. The molecule has 0 saturated carbocycles. The molecule has 0 heterocycles. The van der Waals surface area contributed by atoms with Crippen molar-refractivity contribution in [1.82, 2.24) is 0 Å². The molecule has 0 aliphatic rings. The molecule has 4 nitrogen and oxygen atoms in total. The SMILES string of the molecule is CCCCCCCCCCCCC(N)C(N)(O)O. The summed E-state index contributed by atoms with van der Waals surface area (Å²) in [6.45, 7) is 2.24. The second-order valence-corrected chi connectivity index (χ2v) is 5.36. The molecule has 0 bridgehead atoms. The maximum absolute atomic E-state index is 9.04. The molecular formula is C14H32N2O2. The van der Waals surface area contributed by atoms with Crippen molar-refractivity contribution in [3.63, 3.8) is 0 Å². The standard InChI is InChI=1S/C14H32N2O2/c1-2-3-4-5-6-7-8-9-10-11-12-13(15)14(16,17)18/h13,17-18H,2-12,15-16H2,1H3. The lowest BCUT2D eigenvalue weighted by Crippen LogP contribution is -2.55. The van der Waals surface area contributed by atoms with E-state index in [-0.39, 0.29) is 0 Å². The van der Waals surface area contributed by atoms with Crippen LogP contribution in [0.4, 0.5) is 0 Å². The molecule has 4 heteroatoms. The van der Waals surface area contributed by atoms with Gasteiger partial charge in [-0.2, -0.15) is 0 Å². The van der Waals surface area contributed by atoms with E-state index in [1.165, 1.54) is 51.4 Å². The smallest absolute Gasteiger partial charge is 0.235 e. The monoisotopic (exact) mass is 260 g/mol. The highest BCUT2D eigenvalue weighted by molar-refractivity contribution is 4.72. The predicted octanol–water partition coefficient (Wildman–Crippen LogP) is 2.22. The summed E-state index contributed by atoms with van der Waals surface area (Å²) in [7, 11) is 0. The first-order valence-electron chi connectivity index (χ1n) is 7.47. The van der Waals surface area contributed by atoms with Gasteiger partial charge in [0, 0.05) is 0 Å². The fourth-order valence-corrected chi connectivity index (χ4v) is 2.06. The lowest BCUT2D eigenvalue weighted by Gasteiger charge is -2.23. The zero-order valence-electron chi connectivity index (χ0n) is 11.9. The molecule has 0 saturated heterocycles. The molecule has 0 amide bonds. The molecule has 110 valence electrons. The largest absolute Gasteiger partial charge is 0.352 e. The van der Waals surface area contributed by atoms with Gasteiger partial charge in [0.15, 0.2) is 0 Å². The molecule has 0 aromatic heterocycles. The molecule has 0 radical (unpaired) electrons. The van der Waals surface area contributed by atoms with Gasteiger partial charge in [-0.15, -0.1) is 0 Å². The molecule has 1 atom stereocenters. The van der Waals surface area contributed by atoms with Gasteiger partial charge in [-0.3, -0.25) is 5.73 Å². The highest BCUT2D eigenvalue weighted by Crippen LogP contribution is 2.12.